The molecule has 0 saturated carbocycles. The number of likely N-dealkylation sites (N-methyl/N-ethyl adjacent to an activating group) is 1. The van der Waals surface area contributed by atoms with E-state index in [1.807, 2.05) is 65.6 Å². The maximum atomic E-state index is 14.5. The SMILES string of the molecule is CNC1(CNC(C(=O)O)(c2ccc(N(Cc3ccccc3)Cc3ccccc3)cc2)C(F)(F)F)CCOC1. The van der Waals surface area contributed by atoms with Gasteiger partial charge in [-0.25, -0.2) is 4.79 Å². The van der Waals surface area contributed by atoms with E-state index in [4.69, 9.17) is 4.74 Å². The highest BCUT2D eigenvalue weighted by molar-refractivity contribution is 5.82. The van der Waals surface area contributed by atoms with E-state index in [9.17, 15) is 23.1 Å². The quantitative estimate of drug-likeness (QED) is 0.336. The minimum atomic E-state index is -5.09. The zero-order valence-electron chi connectivity index (χ0n) is 21.2. The first-order valence-electron chi connectivity index (χ1n) is 12.4. The molecular formula is C29H32F3N3O3. The van der Waals surface area contributed by atoms with Gasteiger partial charge in [0.25, 0.3) is 0 Å². The summed E-state index contributed by atoms with van der Waals surface area (Å²) < 4.78 is 49.0. The van der Waals surface area contributed by atoms with Crippen LogP contribution in [-0.2, 0) is 28.2 Å². The van der Waals surface area contributed by atoms with Gasteiger partial charge in [0.2, 0.25) is 5.54 Å². The third-order valence-corrected chi connectivity index (χ3v) is 7.17. The van der Waals surface area contributed by atoms with Crippen LogP contribution < -0.4 is 15.5 Å². The van der Waals surface area contributed by atoms with Crippen molar-refractivity contribution in [3.63, 3.8) is 0 Å². The zero-order valence-corrected chi connectivity index (χ0v) is 21.2. The topological polar surface area (TPSA) is 73.8 Å². The van der Waals surface area contributed by atoms with E-state index in [-0.39, 0.29) is 18.7 Å². The van der Waals surface area contributed by atoms with Gasteiger partial charge >= 0.3 is 12.1 Å². The Kier molecular flexibility index (Phi) is 8.40. The average Bonchev–Trinajstić information content (AvgIpc) is 3.39. The molecule has 202 valence electrons. The second-order valence-electron chi connectivity index (χ2n) is 9.61. The molecule has 1 aliphatic rings. The molecule has 0 aromatic heterocycles. The van der Waals surface area contributed by atoms with E-state index in [1.54, 1.807) is 19.2 Å². The fourth-order valence-corrected chi connectivity index (χ4v) is 4.79. The number of hydrogen-bond acceptors (Lipinski definition) is 5. The van der Waals surface area contributed by atoms with E-state index in [0.717, 1.165) is 11.1 Å². The molecule has 9 heteroatoms. The summed E-state index contributed by atoms with van der Waals surface area (Å²) in [6.45, 7) is 1.41. The van der Waals surface area contributed by atoms with E-state index in [1.165, 1.54) is 12.1 Å². The van der Waals surface area contributed by atoms with Crippen LogP contribution in [-0.4, -0.2) is 49.6 Å². The highest BCUT2D eigenvalue weighted by Gasteiger charge is 2.62. The van der Waals surface area contributed by atoms with Gasteiger partial charge in [-0.3, -0.25) is 5.32 Å². The van der Waals surface area contributed by atoms with Gasteiger partial charge in [0, 0.05) is 31.9 Å². The molecule has 6 nitrogen and oxygen atoms in total. The van der Waals surface area contributed by atoms with Crippen molar-refractivity contribution in [3.05, 3.63) is 102 Å². The summed E-state index contributed by atoms with van der Waals surface area (Å²) in [6.07, 6.45) is -4.63. The number of carboxylic acid groups (broad SMARTS) is 1. The van der Waals surface area contributed by atoms with Crippen molar-refractivity contribution in [1.82, 2.24) is 10.6 Å². The lowest BCUT2D eigenvalue weighted by atomic mass is 9.87. The second kappa shape index (κ2) is 11.6. The third-order valence-electron chi connectivity index (χ3n) is 7.17. The summed E-state index contributed by atoms with van der Waals surface area (Å²) in [7, 11) is 1.63. The summed E-state index contributed by atoms with van der Waals surface area (Å²) in [6, 6.07) is 25.1. The molecule has 4 rings (SSSR count). The van der Waals surface area contributed by atoms with Crippen LogP contribution in [0, 0.1) is 0 Å². The van der Waals surface area contributed by atoms with E-state index in [2.05, 4.69) is 10.6 Å². The van der Waals surface area contributed by atoms with Crippen molar-refractivity contribution in [1.29, 1.82) is 0 Å². The Labute approximate surface area is 220 Å². The van der Waals surface area contributed by atoms with Crippen LogP contribution in [0.15, 0.2) is 84.9 Å². The Morgan fingerprint density at radius 3 is 1.92 bits per heavy atom. The smallest absolute Gasteiger partial charge is 0.421 e. The van der Waals surface area contributed by atoms with Crippen LogP contribution in [0.2, 0.25) is 0 Å². The predicted octanol–water partition coefficient (Wildman–Crippen LogP) is 4.70. The number of alkyl halides is 3. The van der Waals surface area contributed by atoms with Crippen LogP contribution in [0.25, 0.3) is 0 Å². The highest BCUT2D eigenvalue weighted by atomic mass is 19.4. The van der Waals surface area contributed by atoms with E-state index in [0.29, 0.717) is 31.8 Å². The first kappa shape index (κ1) is 27.6. The molecule has 0 aliphatic carbocycles. The lowest BCUT2D eigenvalue weighted by molar-refractivity contribution is -0.214. The van der Waals surface area contributed by atoms with Crippen molar-refractivity contribution in [3.8, 4) is 0 Å². The number of rotatable bonds is 11. The Balaban J connectivity index is 1.67. The standard InChI is InChI=1S/C29H32F3N3O3/c1-33-27(16-17-38-21-27)20-34-28(26(36)37,29(30,31)32)24-12-14-25(15-13-24)35(18-22-8-4-2-5-9-22)19-23-10-6-3-7-11-23/h2-15,33-34H,16-21H2,1H3,(H,36,37). The number of halogens is 3. The van der Waals surface area contributed by atoms with Crippen molar-refractivity contribution in [2.24, 2.45) is 0 Å². The number of hydrogen-bond donors (Lipinski definition) is 3. The number of carbonyl (C=O) groups is 1. The molecule has 3 aromatic carbocycles. The fourth-order valence-electron chi connectivity index (χ4n) is 4.79. The van der Waals surface area contributed by atoms with Gasteiger partial charge in [0.05, 0.1) is 12.1 Å². The molecule has 1 fully saturated rings. The molecule has 38 heavy (non-hydrogen) atoms. The van der Waals surface area contributed by atoms with E-state index < -0.39 is 23.2 Å². The normalized spacial score (nSPS) is 19.2. The minimum Gasteiger partial charge on any atom is -0.479 e. The number of anilines is 1. The molecular weight excluding hydrogens is 495 g/mol. The van der Waals surface area contributed by atoms with Gasteiger partial charge in [0.1, 0.15) is 0 Å². The Bertz CT molecular complexity index is 1140. The number of nitrogens with zero attached hydrogens (tertiary/aromatic N) is 1. The first-order chi connectivity index (χ1) is 18.2. The molecule has 0 amide bonds. The highest BCUT2D eigenvalue weighted by Crippen LogP contribution is 2.41. The summed E-state index contributed by atoms with van der Waals surface area (Å²) in [4.78, 5) is 14.4. The molecule has 0 bridgehead atoms. The minimum absolute atomic E-state index is 0.191. The van der Waals surface area contributed by atoms with Gasteiger partial charge in [-0.2, -0.15) is 13.2 Å². The Morgan fingerprint density at radius 1 is 0.947 bits per heavy atom. The Morgan fingerprint density at radius 2 is 1.50 bits per heavy atom. The van der Waals surface area contributed by atoms with Gasteiger partial charge in [0.15, 0.2) is 0 Å². The molecule has 2 atom stereocenters. The zero-order chi connectivity index (χ0) is 27.2. The van der Waals surface area contributed by atoms with Crippen molar-refractivity contribution in [2.45, 2.75) is 36.8 Å². The maximum Gasteiger partial charge on any atom is 0.421 e. The first-order valence-corrected chi connectivity index (χ1v) is 12.4. The van der Waals surface area contributed by atoms with E-state index >= 15 is 0 Å². The van der Waals surface area contributed by atoms with Gasteiger partial charge < -0.3 is 20.1 Å². The van der Waals surface area contributed by atoms with Crippen LogP contribution in [0.3, 0.4) is 0 Å². The molecule has 3 N–H and O–H groups in total. The number of aliphatic carboxylic acids is 1. The van der Waals surface area contributed by atoms with Crippen molar-refractivity contribution < 1.29 is 27.8 Å². The number of nitrogens with one attached hydrogen (secondary N) is 2. The predicted molar refractivity (Wildman–Crippen MR) is 140 cm³/mol. The van der Waals surface area contributed by atoms with Crippen molar-refractivity contribution >= 4 is 11.7 Å². The molecule has 1 heterocycles. The number of benzene rings is 3. The summed E-state index contributed by atoms with van der Waals surface area (Å²) in [5, 5.41) is 15.3. The van der Waals surface area contributed by atoms with Crippen LogP contribution in [0.4, 0.5) is 18.9 Å². The molecule has 3 aromatic rings. The van der Waals surface area contributed by atoms with Crippen molar-refractivity contribution in [2.75, 3.05) is 31.7 Å². The lowest BCUT2D eigenvalue weighted by Crippen LogP contribution is -2.64. The summed E-state index contributed by atoms with van der Waals surface area (Å²) in [5.74, 6) is -2.01. The molecule has 1 aliphatic heterocycles. The van der Waals surface area contributed by atoms with Crippen LogP contribution in [0.5, 0.6) is 0 Å². The summed E-state index contributed by atoms with van der Waals surface area (Å²) in [5.41, 5.74) is -1.68. The van der Waals surface area contributed by atoms with Crippen LogP contribution in [0.1, 0.15) is 23.1 Å². The summed E-state index contributed by atoms with van der Waals surface area (Å²) >= 11 is 0. The Hall–Kier alpha value is -3.40. The maximum absolute atomic E-state index is 14.5. The number of ether oxygens (including phenoxy) is 1. The molecule has 0 spiro atoms. The van der Waals surface area contributed by atoms with Gasteiger partial charge in [-0.05, 0) is 42.3 Å². The van der Waals surface area contributed by atoms with Gasteiger partial charge in [-0.15, -0.1) is 0 Å². The van der Waals surface area contributed by atoms with Crippen LogP contribution >= 0.6 is 0 Å². The third kappa shape index (κ3) is 5.85. The molecule has 0 radical (unpaired) electrons. The molecule has 2 unspecified atom stereocenters. The lowest BCUT2D eigenvalue weighted by Gasteiger charge is -2.37. The second-order valence-corrected chi connectivity index (χ2v) is 9.61. The average molecular weight is 528 g/mol. The molecule has 1 saturated heterocycles. The monoisotopic (exact) mass is 527 g/mol. The largest absolute Gasteiger partial charge is 0.479 e. The van der Waals surface area contributed by atoms with Gasteiger partial charge in [-0.1, -0.05) is 72.8 Å². The number of carboxylic acids is 1. The fraction of sp³-hybridized carbons (Fsp3) is 0.345.